The van der Waals surface area contributed by atoms with Crippen LogP contribution in [0, 0.1) is 6.92 Å². The van der Waals surface area contributed by atoms with Gasteiger partial charge in [0.2, 0.25) is 0 Å². The molecule has 1 aromatic heterocycles. The van der Waals surface area contributed by atoms with Crippen LogP contribution in [0.2, 0.25) is 0 Å². The van der Waals surface area contributed by atoms with Crippen molar-refractivity contribution in [3.05, 3.63) is 47.3 Å². The number of halogens is 3. The SMILES string of the molecule is COCCOc1cc2c(NC(C)c3cc(N)cc(C(F)(F)F)c3)nc(C)nc2cc1OC. The number of fused-ring (bicyclic) bond motifs is 1. The van der Waals surface area contributed by atoms with Gasteiger partial charge >= 0.3 is 6.18 Å². The van der Waals surface area contributed by atoms with E-state index in [0.717, 1.165) is 12.1 Å². The minimum absolute atomic E-state index is 0.0331. The first kappa shape index (κ1) is 23.4. The Morgan fingerprint density at radius 1 is 1.03 bits per heavy atom. The summed E-state index contributed by atoms with van der Waals surface area (Å²) < 4.78 is 55.8. The van der Waals surface area contributed by atoms with Crippen molar-refractivity contribution >= 4 is 22.4 Å². The zero-order valence-corrected chi connectivity index (χ0v) is 18.2. The molecule has 2 aromatic carbocycles. The number of aryl methyl sites for hydroxylation is 1. The molecule has 0 aliphatic rings. The molecule has 0 saturated carbocycles. The number of benzene rings is 2. The van der Waals surface area contributed by atoms with Crippen molar-refractivity contribution < 1.29 is 27.4 Å². The maximum atomic E-state index is 13.2. The van der Waals surface area contributed by atoms with Crippen LogP contribution in [0.5, 0.6) is 11.5 Å². The molecule has 0 fully saturated rings. The highest BCUT2D eigenvalue weighted by Gasteiger charge is 2.31. The molecule has 3 N–H and O–H groups in total. The molecule has 7 nitrogen and oxygen atoms in total. The zero-order chi connectivity index (χ0) is 23.5. The first-order chi connectivity index (χ1) is 15.1. The summed E-state index contributed by atoms with van der Waals surface area (Å²) in [5.74, 6) is 1.92. The summed E-state index contributed by atoms with van der Waals surface area (Å²) in [6.45, 7) is 4.17. The molecule has 0 saturated heterocycles. The third-order valence-electron chi connectivity index (χ3n) is 4.80. The van der Waals surface area contributed by atoms with Crippen LogP contribution in [-0.4, -0.2) is 37.4 Å². The standard InChI is InChI=1S/C22H25F3N4O3/c1-12(14-7-15(22(23,24)25)9-16(26)8-14)27-21-17-10-20(32-6-5-30-3)19(31-4)11-18(17)28-13(2)29-21/h7-12H,5-6,26H2,1-4H3,(H,27,28,29). The van der Waals surface area contributed by atoms with E-state index in [9.17, 15) is 13.2 Å². The summed E-state index contributed by atoms with van der Waals surface area (Å²) in [5.41, 5.74) is 5.93. The molecule has 1 unspecified atom stereocenters. The van der Waals surface area contributed by atoms with Gasteiger partial charge in [0.05, 0.1) is 30.8 Å². The maximum Gasteiger partial charge on any atom is 0.416 e. The Morgan fingerprint density at radius 2 is 1.78 bits per heavy atom. The lowest BCUT2D eigenvalue weighted by atomic mass is 10.0. The van der Waals surface area contributed by atoms with Crippen LogP contribution in [0.15, 0.2) is 30.3 Å². The Morgan fingerprint density at radius 3 is 2.44 bits per heavy atom. The lowest BCUT2D eigenvalue weighted by molar-refractivity contribution is -0.137. The molecule has 0 amide bonds. The number of nitrogen functional groups attached to an aromatic ring is 1. The van der Waals surface area contributed by atoms with E-state index in [0.29, 0.717) is 52.8 Å². The van der Waals surface area contributed by atoms with Crippen LogP contribution in [-0.2, 0) is 10.9 Å². The molecule has 0 bridgehead atoms. The van der Waals surface area contributed by atoms with Gasteiger partial charge in [-0.25, -0.2) is 9.97 Å². The number of ether oxygens (including phenoxy) is 3. The van der Waals surface area contributed by atoms with Crippen molar-refractivity contribution in [3.63, 3.8) is 0 Å². The van der Waals surface area contributed by atoms with Gasteiger partial charge in [-0.2, -0.15) is 13.2 Å². The van der Waals surface area contributed by atoms with E-state index in [-0.39, 0.29) is 5.69 Å². The number of anilines is 2. The number of alkyl halides is 3. The summed E-state index contributed by atoms with van der Waals surface area (Å²) in [6.07, 6.45) is -4.49. The maximum absolute atomic E-state index is 13.2. The lowest BCUT2D eigenvalue weighted by Crippen LogP contribution is -2.13. The lowest BCUT2D eigenvalue weighted by Gasteiger charge is -2.19. The fourth-order valence-electron chi connectivity index (χ4n) is 3.25. The monoisotopic (exact) mass is 450 g/mol. The third-order valence-corrected chi connectivity index (χ3v) is 4.80. The van der Waals surface area contributed by atoms with Crippen LogP contribution in [0.25, 0.3) is 10.9 Å². The fraction of sp³-hybridized carbons (Fsp3) is 0.364. The van der Waals surface area contributed by atoms with Gasteiger partial charge in [0, 0.05) is 24.2 Å². The molecule has 0 aliphatic heterocycles. The van der Waals surface area contributed by atoms with E-state index in [2.05, 4.69) is 15.3 Å². The van der Waals surface area contributed by atoms with E-state index >= 15 is 0 Å². The normalized spacial score (nSPS) is 12.6. The number of rotatable bonds is 8. The Balaban J connectivity index is 2.01. The van der Waals surface area contributed by atoms with Gasteiger partial charge in [0.1, 0.15) is 18.2 Å². The number of hydrogen-bond donors (Lipinski definition) is 2. The summed E-state index contributed by atoms with van der Waals surface area (Å²) >= 11 is 0. The van der Waals surface area contributed by atoms with Crippen LogP contribution in [0.1, 0.15) is 29.9 Å². The number of nitrogens with zero attached hydrogens (tertiary/aromatic N) is 2. The van der Waals surface area contributed by atoms with E-state index in [1.165, 1.54) is 13.2 Å². The molecule has 172 valence electrons. The molecule has 0 radical (unpaired) electrons. The van der Waals surface area contributed by atoms with Gasteiger partial charge in [0.15, 0.2) is 11.5 Å². The second-order valence-corrected chi connectivity index (χ2v) is 7.23. The van der Waals surface area contributed by atoms with Crippen LogP contribution in [0.3, 0.4) is 0 Å². The number of hydrogen-bond acceptors (Lipinski definition) is 7. The average molecular weight is 450 g/mol. The van der Waals surface area contributed by atoms with E-state index in [4.69, 9.17) is 19.9 Å². The Hall–Kier alpha value is -3.27. The quantitative estimate of drug-likeness (QED) is 0.378. The molecule has 0 aliphatic carbocycles. The number of nitrogens with one attached hydrogen (secondary N) is 1. The number of aromatic nitrogens is 2. The fourth-order valence-corrected chi connectivity index (χ4v) is 3.25. The van der Waals surface area contributed by atoms with Crippen molar-refractivity contribution in [1.29, 1.82) is 0 Å². The van der Waals surface area contributed by atoms with Gasteiger partial charge < -0.3 is 25.3 Å². The molecule has 10 heteroatoms. The van der Waals surface area contributed by atoms with E-state index in [1.807, 2.05) is 0 Å². The molecule has 1 heterocycles. The molecule has 0 spiro atoms. The highest BCUT2D eigenvalue weighted by Crippen LogP contribution is 2.36. The Kier molecular flexibility index (Phi) is 6.93. The van der Waals surface area contributed by atoms with Crippen LogP contribution in [0.4, 0.5) is 24.7 Å². The molecule has 32 heavy (non-hydrogen) atoms. The first-order valence-corrected chi connectivity index (χ1v) is 9.84. The van der Waals surface area contributed by atoms with Crippen molar-refractivity contribution in [2.75, 3.05) is 38.5 Å². The molecule has 3 rings (SSSR count). The Bertz CT molecular complexity index is 1110. The van der Waals surface area contributed by atoms with Gasteiger partial charge in [-0.05, 0) is 43.7 Å². The second kappa shape index (κ2) is 9.47. The predicted molar refractivity (Wildman–Crippen MR) is 116 cm³/mol. The summed E-state index contributed by atoms with van der Waals surface area (Å²) in [6, 6.07) is 6.44. The predicted octanol–water partition coefficient (Wildman–Crippen LogP) is 4.75. The highest BCUT2D eigenvalue weighted by molar-refractivity contribution is 5.92. The number of nitrogens with two attached hydrogens (primary N) is 1. The first-order valence-electron chi connectivity index (χ1n) is 9.84. The molecule has 1 atom stereocenters. The van der Waals surface area contributed by atoms with E-state index in [1.54, 1.807) is 33.1 Å². The van der Waals surface area contributed by atoms with Crippen molar-refractivity contribution in [2.24, 2.45) is 0 Å². The molecule has 3 aromatic rings. The van der Waals surface area contributed by atoms with E-state index < -0.39 is 17.8 Å². The number of methoxy groups -OCH3 is 2. The molecular formula is C22H25F3N4O3. The topological polar surface area (TPSA) is 91.5 Å². The zero-order valence-electron chi connectivity index (χ0n) is 18.2. The molecular weight excluding hydrogens is 425 g/mol. The summed E-state index contributed by atoms with van der Waals surface area (Å²) in [7, 11) is 3.10. The Labute approximate surface area is 183 Å². The summed E-state index contributed by atoms with van der Waals surface area (Å²) in [4.78, 5) is 8.90. The average Bonchev–Trinajstić information content (AvgIpc) is 2.72. The van der Waals surface area contributed by atoms with Gasteiger partial charge in [0.25, 0.3) is 0 Å². The smallest absolute Gasteiger partial charge is 0.416 e. The highest BCUT2D eigenvalue weighted by atomic mass is 19.4. The van der Waals surface area contributed by atoms with Crippen molar-refractivity contribution in [3.8, 4) is 11.5 Å². The van der Waals surface area contributed by atoms with Gasteiger partial charge in [-0.15, -0.1) is 0 Å². The minimum atomic E-state index is -4.49. The van der Waals surface area contributed by atoms with Gasteiger partial charge in [-0.3, -0.25) is 0 Å². The van der Waals surface area contributed by atoms with Crippen LogP contribution >= 0.6 is 0 Å². The second-order valence-electron chi connectivity index (χ2n) is 7.23. The van der Waals surface area contributed by atoms with Gasteiger partial charge in [-0.1, -0.05) is 0 Å². The van der Waals surface area contributed by atoms with Crippen molar-refractivity contribution in [2.45, 2.75) is 26.1 Å². The third kappa shape index (κ3) is 5.31. The van der Waals surface area contributed by atoms with Crippen LogP contribution < -0.4 is 20.5 Å². The largest absolute Gasteiger partial charge is 0.493 e. The minimum Gasteiger partial charge on any atom is -0.493 e. The summed E-state index contributed by atoms with van der Waals surface area (Å²) in [5, 5.41) is 3.82. The van der Waals surface area contributed by atoms with Crippen molar-refractivity contribution in [1.82, 2.24) is 9.97 Å².